The number of rotatable bonds is 3. The zero-order valence-corrected chi connectivity index (χ0v) is 17.1. The molecule has 0 atom stereocenters. The standard InChI is InChI=1S/C17H15ClN4O3S2/c1-9-13(10(2)25-21-9)8-26-17-19-7-15-16(20-17)12-5-4-11(18)6-14(12)22(3)27(15,23)24/h4-7H,8H2,1-3H3. The van der Waals surface area contributed by atoms with Crippen LogP contribution < -0.4 is 4.31 Å². The fourth-order valence-corrected chi connectivity index (χ4v) is 5.32. The van der Waals surface area contributed by atoms with Crippen molar-refractivity contribution in [3.05, 3.63) is 46.4 Å². The Balaban J connectivity index is 1.77. The van der Waals surface area contributed by atoms with Crippen molar-refractivity contribution in [3.63, 3.8) is 0 Å². The normalized spacial score (nSPS) is 14.7. The molecule has 1 aromatic carbocycles. The van der Waals surface area contributed by atoms with E-state index in [2.05, 4.69) is 15.1 Å². The molecule has 0 amide bonds. The molecule has 0 bridgehead atoms. The second kappa shape index (κ2) is 6.50. The molecule has 7 nitrogen and oxygen atoms in total. The van der Waals surface area contributed by atoms with E-state index in [1.54, 1.807) is 18.2 Å². The second-order valence-corrected chi connectivity index (χ2v) is 9.41. The van der Waals surface area contributed by atoms with Gasteiger partial charge in [-0.1, -0.05) is 28.5 Å². The fourth-order valence-electron chi connectivity index (χ4n) is 2.89. The van der Waals surface area contributed by atoms with Gasteiger partial charge in [-0.05, 0) is 32.0 Å². The lowest BCUT2D eigenvalue weighted by Gasteiger charge is -2.28. The number of benzene rings is 1. The Morgan fingerprint density at radius 3 is 2.78 bits per heavy atom. The molecule has 4 rings (SSSR count). The number of hydrogen-bond donors (Lipinski definition) is 0. The van der Waals surface area contributed by atoms with E-state index in [1.807, 2.05) is 13.8 Å². The molecule has 1 aliphatic rings. The van der Waals surface area contributed by atoms with E-state index in [4.69, 9.17) is 16.1 Å². The molecule has 0 N–H and O–H groups in total. The van der Waals surface area contributed by atoms with Gasteiger partial charge in [-0.2, -0.15) is 0 Å². The lowest BCUT2D eigenvalue weighted by Crippen LogP contribution is -2.31. The number of aromatic nitrogens is 3. The van der Waals surface area contributed by atoms with Crippen LogP contribution >= 0.6 is 23.4 Å². The maximum Gasteiger partial charge on any atom is 0.267 e. The van der Waals surface area contributed by atoms with Gasteiger partial charge in [0.25, 0.3) is 10.0 Å². The average Bonchev–Trinajstić information content (AvgIpc) is 2.96. The molecular formula is C17H15ClN4O3S2. The van der Waals surface area contributed by atoms with E-state index in [0.29, 0.717) is 32.9 Å². The van der Waals surface area contributed by atoms with Crippen molar-refractivity contribution in [3.8, 4) is 11.3 Å². The first-order valence-corrected chi connectivity index (χ1v) is 10.8. The van der Waals surface area contributed by atoms with Gasteiger partial charge in [-0.15, -0.1) is 0 Å². The van der Waals surface area contributed by atoms with Gasteiger partial charge in [0, 0.05) is 29.0 Å². The van der Waals surface area contributed by atoms with Gasteiger partial charge in [0.1, 0.15) is 10.7 Å². The third-order valence-corrected chi connectivity index (χ3v) is 7.35. The van der Waals surface area contributed by atoms with Gasteiger partial charge in [-0.25, -0.2) is 18.4 Å². The summed E-state index contributed by atoms with van der Waals surface area (Å²) in [5.74, 6) is 1.34. The molecule has 0 aliphatic carbocycles. The van der Waals surface area contributed by atoms with Crippen LogP contribution in [0.25, 0.3) is 11.3 Å². The van der Waals surface area contributed by atoms with Crippen molar-refractivity contribution in [1.82, 2.24) is 15.1 Å². The third-order valence-electron chi connectivity index (χ3n) is 4.45. The highest BCUT2D eigenvalue weighted by Gasteiger charge is 2.34. The van der Waals surface area contributed by atoms with Crippen LogP contribution in [0.3, 0.4) is 0 Å². The van der Waals surface area contributed by atoms with Crippen LogP contribution in [-0.2, 0) is 15.8 Å². The van der Waals surface area contributed by atoms with Gasteiger partial charge < -0.3 is 4.52 Å². The van der Waals surface area contributed by atoms with E-state index >= 15 is 0 Å². The highest BCUT2D eigenvalue weighted by molar-refractivity contribution is 7.98. The SMILES string of the molecule is Cc1noc(C)c1CSc1ncc2c(n1)-c1ccc(Cl)cc1N(C)S2(=O)=O. The average molecular weight is 423 g/mol. The Morgan fingerprint density at radius 1 is 1.30 bits per heavy atom. The molecule has 0 spiro atoms. The van der Waals surface area contributed by atoms with Crippen molar-refractivity contribution in [2.45, 2.75) is 29.7 Å². The number of hydrogen-bond acceptors (Lipinski definition) is 7. The van der Waals surface area contributed by atoms with Gasteiger partial charge in [0.05, 0.1) is 23.3 Å². The van der Waals surface area contributed by atoms with E-state index < -0.39 is 10.0 Å². The molecule has 0 fully saturated rings. The molecular weight excluding hydrogens is 408 g/mol. The monoisotopic (exact) mass is 422 g/mol. The van der Waals surface area contributed by atoms with Gasteiger partial charge in [0.15, 0.2) is 5.16 Å². The maximum atomic E-state index is 12.8. The Labute approximate surface area is 165 Å². The highest BCUT2D eigenvalue weighted by atomic mass is 35.5. The Morgan fingerprint density at radius 2 is 2.07 bits per heavy atom. The van der Waals surface area contributed by atoms with Crippen LogP contribution in [0, 0.1) is 13.8 Å². The molecule has 3 heterocycles. The first-order valence-electron chi connectivity index (χ1n) is 7.99. The van der Waals surface area contributed by atoms with Crippen molar-refractivity contribution < 1.29 is 12.9 Å². The first kappa shape index (κ1) is 18.3. The Bertz CT molecular complexity index is 1140. The van der Waals surface area contributed by atoms with Crippen molar-refractivity contribution >= 4 is 39.1 Å². The van der Waals surface area contributed by atoms with Crippen LogP contribution in [0.1, 0.15) is 17.0 Å². The smallest absolute Gasteiger partial charge is 0.267 e. The number of nitrogens with zero attached hydrogens (tertiary/aromatic N) is 4. The summed E-state index contributed by atoms with van der Waals surface area (Å²) >= 11 is 7.46. The molecule has 1 aliphatic heterocycles. The molecule has 0 radical (unpaired) electrons. The summed E-state index contributed by atoms with van der Waals surface area (Å²) in [5.41, 5.74) is 3.39. The van der Waals surface area contributed by atoms with Crippen molar-refractivity contribution in [2.24, 2.45) is 0 Å². The predicted molar refractivity (Wildman–Crippen MR) is 104 cm³/mol. The lowest BCUT2D eigenvalue weighted by molar-refractivity contribution is 0.392. The quantitative estimate of drug-likeness (QED) is 0.468. The van der Waals surface area contributed by atoms with E-state index in [9.17, 15) is 8.42 Å². The van der Waals surface area contributed by atoms with Crippen LogP contribution in [0.4, 0.5) is 5.69 Å². The molecule has 0 unspecified atom stereocenters. The third kappa shape index (κ3) is 2.99. The van der Waals surface area contributed by atoms with E-state index in [-0.39, 0.29) is 4.90 Å². The summed E-state index contributed by atoms with van der Waals surface area (Å²) in [6.45, 7) is 3.73. The molecule has 27 heavy (non-hydrogen) atoms. The maximum absolute atomic E-state index is 12.8. The summed E-state index contributed by atoms with van der Waals surface area (Å²) in [5, 5.41) is 4.88. The van der Waals surface area contributed by atoms with Crippen LogP contribution in [0.5, 0.6) is 0 Å². The molecule has 3 aromatic rings. The number of aryl methyl sites for hydroxylation is 2. The summed E-state index contributed by atoms with van der Waals surface area (Å²) in [6, 6.07) is 5.11. The van der Waals surface area contributed by atoms with Crippen LogP contribution in [-0.4, -0.2) is 30.6 Å². The summed E-state index contributed by atoms with van der Waals surface area (Å²) in [7, 11) is -2.23. The highest BCUT2D eigenvalue weighted by Crippen LogP contribution is 2.42. The topological polar surface area (TPSA) is 89.2 Å². The zero-order chi connectivity index (χ0) is 19.3. The lowest BCUT2D eigenvalue weighted by atomic mass is 10.1. The zero-order valence-electron chi connectivity index (χ0n) is 14.7. The van der Waals surface area contributed by atoms with Crippen LogP contribution in [0.15, 0.2) is 39.0 Å². The first-order chi connectivity index (χ1) is 12.8. The van der Waals surface area contributed by atoms with Crippen molar-refractivity contribution in [1.29, 1.82) is 0 Å². The Kier molecular flexibility index (Phi) is 4.40. The fraction of sp³-hybridized carbons (Fsp3) is 0.235. The van der Waals surface area contributed by atoms with E-state index in [0.717, 1.165) is 17.0 Å². The number of fused-ring (bicyclic) bond motifs is 3. The minimum absolute atomic E-state index is 0.0847. The number of thioether (sulfide) groups is 1. The number of halogens is 1. The Hall–Kier alpha value is -2.10. The number of anilines is 1. The predicted octanol–water partition coefficient (Wildman–Crippen LogP) is 3.83. The van der Waals surface area contributed by atoms with Gasteiger partial charge >= 0.3 is 0 Å². The molecule has 2 aromatic heterocycles. The second-order valence-electron chi connectivity index (χ2n) is 6.09. The molecule has 0 saturated heterocycles. The summed E-state index contributed by atoms with van der Waals surface area (Å²) in [4.78, 5) is 8.85. The molecule has 10 heteroatoms. The molecule has 0 saturated carbocycles. The van der Waals surface area contributed by atoms with Crippen LogP contribution in [0.2, 0.25) is 5.02 Å². The summed E-state index contributed by atoms with van der Waals surface area (Å²) in [6.07, 6.45) is 1.36. The number of sulfonamides is 1. The van der Waals surface area contributed by atoms with Gasteiger partial charge in [0.2, 0.25) is 0 Å². The molecule has 140 valence electrons. The minimum atomic E-state index is -3.72. The van der Waals surface area contributed by atoms with Gasteiger partial charge in [-0.3, -0.25) is 4.31 Å². The van der Waals surface area contributed by atoms with E-state index in [1.165, 1.54) is 29.3 Å². The summed E-state index contributed by atoms with van der Waals surface area (Å²) < 4.78 is 32.0. The minimum Gasteiger partial charge on any atom is -0.361 e. The van der Waals surface area contributed by atoms with Crippen molar-refractivity contribution in [2.75, 3.05) is 11.4 Å². The largest absolute Gasteiger partial charge is 0.361 e.